The molecule has 0 unspecified atom stereocenters. The molecule has 2 aromatic heterocycles. The second-order valence-corrected chi connectivity index (χ2v) is 4.84. The van der Waals surface area contributed by atoms with Gasteiger partial charge in [-0.05, 0) is 36.4 Å². The zero-order chi connectivity index (χ0) is 15.5. The van der Waals surface area contributed by atoms with Crippen molar-refractivity contribution in [3.05, 3.63) is 70.1 Å². The molecule has 0 aliphatic heterocycles. The Balaban J connectivity index is 1.86. The first-order chi connectivity index (χ1) is 10.6. The average Bonchev–Trinajstić information content (AvgIpc) is 3.02. The highest BCUT2D eigenvalue weighted by atomic mass is 35.5. The maximum atomic E-state index is 12.3. The number of furan rings is 1. The molecule has 6 nitrogen and oxygen atoms in total. The van der Waals surface area contributed by atoms with Crippen molar-refractivity contribution in [3.63, 3.8) is 0 Å². The molecule has 22 heavy (non-hydrogen) atoms. The molecule has 0 spiro atoms. The third kappa shape index (κ3) is 2.91. The van der Waals surface area contributed by atoms with Crippen LogP contribution in [-0.2, 0) is 4.79 Å². The first kappa shape index (κ1) is 14.1. The summed E-state index contributed by atoms with van der Waals surface area (Å²) in [7, 11) is 0. The van der Waals surface area contributed by atoms with Gasteiger partial charge in [-0.15, -0.1) is 0 Å². The Kier molecular flexibility index (Phi) is 3.76. The number of hydrogen-bond acceptors (Lipinski definition) is 4. The lowest BCUT2D eigenvalue weighted by Gasteiger charge is -2.06. The van der Waals surface area contributed by atoms with E-state index in [1.807, 2.05) is 0 Å². The number of aromatic nitrogens is 2. The molecule has 110 valence electrons. The average molecular weight is 316 g/mol. The van der Waals surface area contributed by atoms with Gasteiger partial charge < -0.3 is 4.42 Å². The summed E-state index contributed by atoms with van der Waals surface area (Å²) in [5.41, 5.74) is 2.51. The Hall–Kier alpha value is -2.86. The van der Waals surface area contributed by atoms with Gasteiger partial charge in [0.1, 0.15) is 12.1 Å². The van der Waals surface area contributed by atoms with Crippen LogP contribution in [0, 0.1) is 0 Å². The van der Waals surface area contributed by atoms with E-state index in [1.54, 1.807) is 24.3 Å². The minimum atomic E-state index is -0.485. The molecule has 1 aromatic carbocycles. The van der Waals surface area contributed by atoms with Crippen LogP contribution >= 0.6 is 11.6 Å². The van der Waals surface area contributed by atoms with Crippen molar-refractivity contribution < 1.29 is 9.21 Å². The fourth-order valence-corrected chi connectivity index (χ4v) is 2.05. The number of benzene rings is 1. The molecule has 7 heteroatoms. The molecule has 1 N–H and O–H groups in total. The van der Waals surface area contributed by atoms with Crippen LogP contribution in [0.5, 0.6) is 0 Å². The highest BCUT2D eigenvalue weighted by Gasteiger charge is 2.06. The Bertz CT molecular complexity index is 913. The molecule has 0 fully saturated rings. The van der Waals surface area contributed by atoms with Crippen molar-refractivity contribution in [1.82, 2.24) is 9.66 Å². The third-order valence-electron chi connectivity index (χ3n) is 2.89. The van der Waals surface area contributed by atoms with Crippen LogP contribution in [-0.4, -0.2) is 15.6 Å². The molecule has 0 saturated heterocycles. The van der Waals surface area contributed by atoms with Gasteiger partial charge in [0.25, 0.3) is 11.5 Å². The zero-order valence-corrected chi connectivity index (χ0v) is 11.9. The number of carbonyl (C=O) groups is 1. The number of halogens is 1. The lowest BCUT2D eigenvalue weighted by Crippen LogP contribution is -2.32. The molecule has 0 atom stereocenters. The van der Waals surface area contributed by atoms with Gasteiger partial charge in [-0.1, -0.05) is 11.6 Å². The molecular formula is C15H10ClN3O3. The number of carbonyl (C=O) groups excluding carboxylic acids is 1. The van der Waals surface area contributed by atoms with Gasteiger partial charge in [-0.3, -0.25) is 15.0 Å². The molecule has 0 aliphatic rings. The van der Waals surface area contributed by atoms with Gasteiger partial charge in [-0.2, -0.15) is 0 Å². The second-order valence-electron chi connectivity index (χ2n) is 4.41. The number of amides is 1. The molecular weight excluding hydrogens is 306 g/mol. The quantitative estimate of drug-likeness (QED) is 0.753. The maximum absolute atomic E-state index is 12.3. The maximum Gasteiger partial charge on any atom is 0.280 e. The van der Waals surface area contributed by atoms with Crippen LogP contribution in [0.1, 0.15) is 5.76 Å². The standard InChI is InChI=1S/C15H10ClN3O3/c16-10-3-5-13-12(8-10)15(21)19(9-17-13)18-14(20)6-4-11-2-1-7-22-11/h1-9H,(H,18,20). The molecule has 2 heterocycles. The number of hydrogen-bond donors (Lipinski definition) is 1. The van der Waals surface area contributed by atoms with Crippen LogP contribution in [0.25, 0.3) is 17.0 Å². The van der Waals surface area contributed by atoms with Gasteiger partial charge in [0.15, 0.2) is 0 Å². The van der Waals surface area contributed by atoms with Gasteiger partial charge in [0.2, 0.25) is 0 Å². The number of rotatable bonds is 3. The SMILES string of the molecule is O=C(C=Cc1ccco1)Nn1cnc2ccc(Cl)cc2c1=O. The Morgan fingerprint density at radius 2 is 2.23 bits per heavy atom. The normalized spacial score (nSPS) is 11.1. The van der Waals surface area contributed by atoms with E-state index < -0.39 is 11.5 Å². The minimum absolute atomic E-state index is 0.324. The van der Waals surface area contributed by atoms with Crippen molar-refractivity contribution in [2.24, 2.45) is 0 Å². The summed E-state index contributed by atoms with van der Waals surface area (Å²) in [4.78, 5) is 28.2. The van der Waals surface area contributed by atoms with E-state index in [2.05, 4.69) is 10.4 Å². The number of nitrogens with one attached hydrogen (secondary N) is 1. The van der Waals surface area contributed by atoms with Crippen molar-refractivity contribution >= 4 is 34.5 Å². The van der Waals surface area contributed by atoms with E-state index in [9.17, 15) is 9.59 Å². The zero-order valence-electron chi connectivity index (χ0n) is 11.2. The lowest BCUT2D eigenvalue weighted by atomic mass is 10.2. The van der Waals surface area contributed by atoms with Crippen LogP contribution in [0.2, 0.25) is 5.02 Å². The summed E-state index contributed by atoms with van der Waals surface area (Å²) in [6.45, 7) is 0. The van der Waals surface area contributed by atoms with Gasteiger partial charge >= 0.3 is 0 Å². The van der Waals surface area contributed by atoms with E-state index in [4.69, 9.17) is 16.0 Å². The lowest BCUT2D eigenvalue weighted by molar-refractivity contribution is -0.112. The van der Waals surface area contributed by atoms with Gasteiger partial charge in [0.05, 0.1) is 17.2 Å². The molecule has 3 aromatic rings. The summed E-state index contributed by atoms with van der Waals surface area (Å²) in [5.74, 6) is 0.0487. The first-order valence-electron chi connectivity index (χ1n) is 6.33. The second kappa shape index (κ2) is 5.87. The third-order valence-corrected chi connectivity index (χ3v) is 3.13. The Morgan fingerprint density at radius 1 is 1.36 bits per heavy atom. The summed E-state index contributed by atoms with van der Waals surface area (Å²) < 4.78 is 6.07. The monoisotopic (exact) mass is 315 g/mol. The van der Waals surface area contributed by atoms with Crippen LogP contribution < -0.4 is 11.0 Å². The fourth-order valence-electron chi connectivity index (χ4n) is 1.87. The van der Waals surface area contributed by atoms with E-state index in [0.717, 1.165) is 4.68 Å². The van der Waals surface area contributed by atoms with E-state index in [-0.39, 0.29) is 0 Å². The number of nitrogens with zero attached hydrogens (tertiary/aromatic N) is 2. The van der Waals surface area contributed by atoms with E-state index >= 15 is 0 Å². The van der Waals surface area contributed by atoms with E-state index in [1.165, 1.54) is 30.8 Å². The minimum Gasteiger partial charge on any atom is -0.465 e. The summed E-state index contributed by atoms with van der Waals surface area (Å²) in [6, 6.07) is 8.20. The topological polar surface area (TPSA) is 77.1 Å². The summed E-state index contributed by atoms with van der Waals surface area (Å²) in [6.07, 6.45) is 5.50. The fraction of sp³-hybridized carbons (Fsp3) is 0. The van der Waals surface area contributed by atoms with Crippen LogP contribution in [0.15, 0.2) is 58.2 Å². The molecule has 0 aliphatic carbocycles. The van der Waals surface area contributed by atoms with Crippen LogP contribution in [0.3, 0.4) is 0 Å². The molecule has 1 amide bonds. The van der Waals surface area contributed by atoms with Crippen molar-refractivity contribution in [1.29, 1.82) is 0 Å². The predicted molar refractivity (Wildman–Crippen MR) is 83.1 cm³/mol. The van der Waals surface area contributed by atoms with Crippen LogP contribution in [0.4, 0.5) is 0 Å². The Morgan fingerprint density at radius 3 is 3.00 bits per heavy atom. The largest absolute Gasteiger partial charge is 0.465 e. The van der Waals surface area contributed by atoms with Crippen molar-refractivity contribution in [3.8, 4) is 0 Å². The molecule has 0 bridgehead atoms. The van der Waals surface area contributed by atoms with Gasteiger partial charge in [0, 0.05) is 11.1 Å². The molecule has 0 radical (unpaired) electrons. The molecule has 3 rings (SSSR count). The summed E-state index contributed by atoms with van der Waals surface area (Å²) in [5, 5.41) is 0.749. The number of fused-ring (bicyclic) bond motifs is 1. The predicted octanol–water partition coefficient (Wildman–Crippen LogP) is 2.43. The highest BCUT2D eigenvalue weighted by molar-refractivity contribution is 6.31. The smallest absolute Gasteiger partial charge is 0.280 e. The van der Waals surface area contributed by atoms with Crippen molar-refractivity contribution in [2.75, 3.05) is 5.43 Å². The van der Waals surface area contributed by atoms with E-state index in [0.29, 0.717) is 21.7 Å². The molecule has 0 saturated carbocycles. The first-order valence-corrected chi connectivity index (χ1v) is 6.71. The Labute approximate surface area is 129 Å². The highest BCUT2D eigenvalue weighted by Crippen LogP contribution is 2.13. The van der Waals surface area contributed by atoms with Crippen molar-refractivity contribution in [2.45, 2.75) is 0 Å². The van der Waals surface area contributed by atoms with Gasteiger partial charge in [-0.25, -0.2) is 9.66 Å². The summed E-state index contributed by atoms with van der Waals surface area (Å²) >= 11 is 5.87.